The SMILES string of the molecule is C[C@H]1C[C@]2(CCN1C(=O)OC(C)(C)C)OCCc1c2sc(C(F)(F)F)c1Cl. The number of piperidine rings is 1. The van der Waals surface area contributed by atoms with Gasteiger partial charge in [-0.3, -0.25) is 0 Å². The highest BCUT2D eigenvalue weighted by molar-refractivity contribution is 7.13. The Morgan fingerprint density at radius 1 is 1.37 bits per heavy atom. The highest BCUT2D eigenvalue weighted by atomic mass is 35.5. The van der Waals surface area contributed by atoms with Crippen LogP contribution in [0.1, 0.15) is 55.9 Å². The third kappa shape index (κ3) is 3.93. The molecule has 0 aliphatic carbocycles. The monoisotopic (exact) mass is 425 g/mol. The van der Waals surface area contributed by atoms with Gasteiger partial charge in [-0.25, -0.2) is 4.79 Å². The summed E-state index contributed by atoms with van der Waals surface area (Å²) in [6, 6.07) is -0.227. The van der Waals surface area contributed by atoms with E-state index >= 15 is 0 Å². The molecule has 0 radical (unpaired) electrons. The van der Waals surface area contributed by atoms with Crippen molar-refractivity contribution in [1.29, 1.82) is 0 Å². The van der Waals surface area contributed by atoms with Gasteiger partial charge in [0.2, 0.25) is 0 Å². The number of nitrogens with zero attached hydrogens (tertiary/aromatic N) is 1. The Labute approximate surface area is 165 Å². The Kier molecular flexibility index (Phi) is 5.23. The highest BCUT2D eigenvalue weighted by Gasteiger charge is 2.49. The first-order chi connectivity index (χ1) is 12.3. The van der Waals surface area contributed by atoms with E-state index in [4.69, 9.17) is 21.1 Å². The van der Waals surface area contributed by atoms with Gasteiger partial charge >= 0.3 is 12.3 Å². The van der Waals surface area contributed by atoms with Gasteiger partial charge in [0.1, 0.15) is 16.1 Å². The molecule has 3 heterocycles. The van der Waals surface area contributed by atoms with Crippen LogP contribution >= 0.6 is 22.9 Å². The van der Waals surface area contributed by atoms with E-state index < -0.39 is 28.3 Å². The molecule has 1 fully saturated rings. The fourth-order valence-electron chi connectivity index (χ4n) is 3.77. The zero-order chi connectivity index (χ0) is 20.2. The quantitative estimate of drug-likeness (QED) is 0.542. The number of alkyl halides is 3. The third-order valence-corrected chi connectivity index (χ3v) is 6.88. The van der Waals surface area contributed by atoms with Crippen LogP contribution in [0.25, 0.3) is 0 Å². The second kappa shape index (κ2) is 6.81. The molecule has 2 atom stereocenters. The van der Waals surface area contributed by atoms with Crippen molar-refractivity contribution >= 4 is 29.0 Å². The molecule has 152 valence electrons. The maximum Gasteiger partial charge on any atom is 0.427 e. The van der Waals surface area contributed by atoms with Crippen LogP contribution < -0.4 is 0 Å². The van der Waals surface area contributed by atoms with Crippen LogP contribution in [0.15, 0.2) is 0 Å². The van der Waals surface area contributed by atoms with Crippen molar-refractivity contribution in [2.45, 2.75) is 70.4 Å². The molecule has 0 saturated carbocycles. The van der Waals surface area contributed by atoms with Gasteiger partial charge in [0.05, 0.1) is 11.6 Å². The lowest BCUT2D eigenvalue weighted by Crippen LogP contribution is -2.53. The zero-order valence-corrected chi connectivity index (χ0v) is 17.3. The molecule has 1 aromatic rings. The normalized spacial score (nSPS) is 26.2. The Morgan fingerprint density at radius 3 is 2.59 bits per heavy atom. The number of amides is 1. The van der Waals surface area contributed by atoms with Gasteiger partial charge in [-0.1, -0.05) is 11.6 Å². The summed E-state index contributed by atoms with van der Waals surface area (Å²) >= 11 is 6.75. The number of carbonyl (C=O) groups excluding carboxylic acids is 1. The maximum atomic E-state index is 13.3. The van der Waals surface area contributed by atoms with Crippen molar-refractivity contribution < 1.29 is 27.4 Å². The zero-order valence-electron chi connectivity index (χ0n) is 15.7. The topological polar surface area (TPSA) is 38.8 Å². The van der Waals surface area contributed by atoms with Crippen molar-refractivity contribution in [3.63, 3.8) is 0 Å². The maximum absolute atomic E-state index is 13.3. The lowest BCUT2D eigenvalue weighted by molar-refractivity contribution is -0.134. The fourth-order valence-corrected chi connectivity index (χ4v) is 5.53. The number of hydrogen-bond donors (Lipinski definition) is 0. The summed E-state index contributed by atoms with van der Waals surface area (Å²) in [6.45, 7) is 7.92. The molecular formula is C18H23ClF3NO3S. The molecule has 2 aliphatic heterocycles. The van der Waals surface area contributed by atoms with Gasteiger partial charge < -0.3 is 14.4 Å². The van der Waals surface area contributed by atoms with Gasteiger partial charge in [0.25, 0.3) is 0 Å². The second-order valence-corrected chi connectivity index (χ2v) is 9.52. The molecule has 1 saturated heterocycles. The van der Waals surface area contributed by atoms with E-state index in [0.717, 1.165) is 0 Å². The van der Waals surface area contributed by atoms with E-state index in [1.54, 1.807) is 25.7 Å². The molecule has 2 aliphatic rings. The van der Waals surface area contributed by atoms with Crippen molar-refractivity contribution in [2.24, 2.45) is 0 Å². The smallest absolute Gasteiger partial charge is 0.427 e. The van der Waals surface area contributed by atoms with Gasteiger partial charge in [0, 0.05) is 23.9 Å². The van der Waals surface area contributed by atoms with Gasteiger partial charge in [0.15, 0.2) is 0 Å². The second-order valence-electron chi connectivity index (χ2n) is 8.12. The summed E-state index contributed by atoms with van der Waals surface area (Å²) in [4.78, 5) is 13.8. The van der Waals surface area contributed by atoms with Crippen LogP contribution in [0.5, 0.6) is 0 Å². The molecule has 0 aromatic carbocycles. The fraction of sp³-hybridized carbons (Fsp3) is 0.722. The molecule has 0 N–H and O–H groups in total. The van der Waals surface area contributed by atoms with Crippen LogP contribution in [0.4, 0.5) is 18.0 Å². The predicted molar refractivity (Wildman–Crippen MR) is 97.3 cm³/mol. The number of thiophene rings is 1. The van der Waals surface area contributed by atoms with Crippen molar-refractivity contribution in [2.75, 3.05) is 13.2 Å². The molecule has 1 amide bonds. The van der Waals surface area contributed by atoms with Crippen molar-refractivity contribution in [3.05, 3.63) is 20.3 Å². The molecule has 1 aromatic heterocycles. The molecule has 1 spiro atoms. The Bertz CT molecular complexity index is 743. The number of hydrogen-bond acceptors (Lipinski definition) is 4. The highest BCUT2D eigenvalue weighted by Crippen LogP contribution is 2.53. The van der Waals surface area contributed by atoms with Crippen LogP contribution in [-0.2, 0) is 27.7 Å². The Balaban J connectivity index is 1.88. The van der Waals surface area contributed by atoms with Gasteiger partial charge in [-0.2, -0.15) is 13.2 Å². The van der Waals surface area contributed by atoms with Gasteiger partial charge in [-0.15, -0.1) is 11.3 Å². The average Bonchev–Trinajstić information content (AvgIpc) is 2.84. The van der Waals surface area contributed by atoms with Crippen LogP contribution in [0.2, 0.25) is 5.02 Å². The lowest BCUT2D eigenvalue weighted by atomic mass is 9.82. The summed E-state index contributed by atoms with van der Waals surface area (Å²) in [5, 5.41) is -0.201. The third-order valence-electron chi connectivity index (χ3n) is 4.89. The summed E-state index contributed by atoms with van der Waals surface area (Å²) < 4.78 is 51.4. The van der Waals surface area contributed by atoms with Gasteiger partial charge in [-0.05, 0) is 46.1 Å². The Hall–Kier alpha value is -0.990. The number of likely N-dealkylation sites (tertiary alicyclic amines) is 1. The number of ether oxygens (including phenoxy) is 2. The van der Waals surface area contributed by atoms with E-state index in [-0.39, 0.29) is 11.1 Å². The van der Waals surface area contributed by atoms with E-state index in [0.29, 0.717) is 54.2 Å². The number of fused-ring (bicyclic) bond motifs is 2. The Morgan fingerprint density at radius 2 is 2.04 bits per heavy atom. The van der Waals surface area contributed by atoms with E-state index in [9.17, 15) is 18.0 Å². The minimum absolute atomic E-state index is 0.201. The predicted octanol–water partition coefficient (Wildman–Crippen LogP) is 5.61. The number of rotatable bonds is 0. The summed E-state index contributed by atoms with van der Waals surface area (Å²) in [7, 11) is 0. The summed E-state index contributed by atoms with van der Waals surface area (Å²) in [5.74, 6) is 0. The van der Waals surface area contributed by atoms with Crippen LogP contribution in [0.3, 0.4) is 0 Å². The minimum Gasteiger partial charge on any atom is -0.444 e. The van der Waals surface area contributed by atoms with E-state index in [1.807, 2.05) is 6.92 Å². The molecule has 0 bridgehead atoms. The molecule has 0 unspecified atom stereocenters. The molecule has 27 heavy (non-hydrogen) atoms. The van der Waals surface area contributed by atoms with E-state index in [1.165, 1.54) is 0 Å². The van der Waals surface area contributed by atoms with E-state index in [2.05, 4.69) is 0 Å². The average molecular weight is 426 g/mol. The van der Waals surface area contributed by atoms with Crippen molar-refractivity contribution in [3.8, 4) is 0 Å². The summed E-state index contributed by atoms with van der Waals surface area (Å²) in [6.07, 6.45) is -3.71. The molecule has 3 rings (SSSR count). The largest absolute Gasteiger partial charge is 0.444 e. The van der Waals surface area contributed by atoms with Crippen LogP contribution in [0, 0.1) is 0 Å². The molecule has 4 nitrogen and oxygen atoms in total. The number of carbonyl (C=O) groups is 1. The summed E-state index contributed by atoms with van der Waals surface area (Å²) in [5.41, 5.74) is -0.898. The standard InChI is InChI=1S/C18H23ClF3NO3S/c1-10-9-17(6-7-23(10)15(24)26-16(2,3)4)13-11(5-8-25-17)12(19)14(27-13)18(20,21)22/h10H,5-9H2,1-4H3/t10-,17-/m0/s1. The number of halogens is 4. The lowest BCUT2D eigenvalue weighted by Gasteiger charge is -2.46. The first-order valence-electron chi connectivity index (χ1n) is 8.86. The van der Waals surface area contributed by atoms with Crippen molar-refractivity contribution in [1.82, 2.24) is 4.90 Å². The molecule has 9 heteroatoms. The first-order valence-corrected chi connectivity index (χ1v) is 10.1. The molecular weight excluding hydrogens is 403 g/mol. The minimum atomic E-state index is -4.48. The van der Waals surface area contributed by atoms with Crippen LogP contribution in [-0.4, -0.2) is 35.8 Å². The first kappa shape index (κ1) is 20.7.